The van der Waals surface area contributed by atoms with Crippen molar-refractivity contribution < 1.29 is 14.3 Å². The third-order valence-electron chi connectivity index (χ3n) is 4.19. The Hall–Kier alpha value is -3.27. The van der Waals surface area contributed by atoms with Gasteiger partial charge in [0.05, 0.1) is 18.8 Å². The lowest BCUT2D eigenvalue weighted by molar-refractivity contribution is 0.102. The van der Waals surface area contributed by atoms with Gasteiger partial charge in [0.2, 0.25) is 0 Å². The van der Waals surface area contributed by atoms with Crippen molar-refractivity contribution in [2.24, 2.45) is 0 Å². The largest absolute Gasteiger partial charge is 0.493 e. The van der Waals surface area contributed by atoms with Crippen LogP contribution in [0.1, 0.15) is 29.3 Å². The molecule has 1 N–H and O–H groups in total. The van der Waals surface area contributed by atoms with Crippen molar-refractivity contribution in [3.05, 3.63) is 90.0 Å². The van der Waals surface area contributed by atoms with E-state index in [2.05, 4.69) is 17.4 Å². The first kappa shape index (κ1) is 19.5. The molecule has 144 valence electrons. The van der Waals surface area contributed by atoms with Crippen molar-refractivity contribution >= 4 is 11.6 Å². The summed E-state index contributed by atoms with van der Waals surface area (Å²) >= 11 is 0. The lowest BCUT2D eigenvalue weighted by Gasteiger charge is -2.12. The number of rotatable bonds is 9. The van der Waals surface area contributed by atoms with Gasteiger partial charge in [0.25, 0.3) is 5.91 Å². The Labute approximate surface area is 166 Å². The maximum absolute atomic E-state index is 12.7. The summed E-state index contributed by atoms with van der Waals surface area (Å²) in [6.45, 7) is 3.19. The minimum absolute atomic E-state index is 0.201. The lowest BCUT2D eigenvalue weighted by atomic mass is 10.1. The molecule has 0 fully saturated rings. The van der Waals surface area contributed by atoms with E-state index in [0.717, 1.165) is 18.6 Å². The number of amides is 1. The monoisotopic (exact) mass is 375 g/mol. The standard InChI is InChI=1S/C24H25NO3/c1-2-16-28-23-14-7-6-13-22(23)24(26)25-20-11-8-12-21(18-20)27-17-15-19-9-4-3-5-10-19/h3-14,18H,2,15-17H2,1H3,(H,25,26). The zero-order valence-electron chi connectivity index (χ0n) is 16.1. The van der Waals surface area contributed by atoms with Gasteiger partial charge in [-0.05, 0) is 36.2 Å². The number of carbonyl (C=O) groups is 1. The quantitative estimate of drug-likeness (QED) is 0.548. The molecule has 0 aromatic heterocycles. The Kier molecular flexibility index (Phi) is 7.08. The van der Waals surface area contributed by atoms with Crippen molar-refractivity contribution in [3.8, 4) is 11.5 Å². The molecule has 0 spiro atoms. The molecule has 1 amide bonds. The molecule has 0 unspecified atom stereocenters. The molecule has 0 aliphatic rings. The van der Waals surface area contributed by atoms with Crippen molar-refractivity contribution in [3.63, 3.8) is 0 Å². The average molecular weight is 375 g/mol. The summed E-state index contributed by atoms with van der Waals surface area (Å²) in [4.78, 5) is 12.7. The summed E-state index contributed by atoms with van der Waals surface area (Å²) in [5.41, 5.74) is 2.44. The molecule has 0 atom stereocenters. The molecular weight excluding hydrogens is 350 g/mol. The van der Waals surface area contributed by atoms with Gasteiger partial charge in [0.1, 0.15) is 11.5 Å². The molecule has 0 aliphatic carbocycles. The van der Waals surface area contributed by atoms with Crippen molar-refractivity contribution in [2.45, 2.75) is 19.8 Å². The second-order valence-electron chi connectivity index (χ2n) is 6.41. The molecule has 4 heteroatoms. The van der Waals surface area contributed by atoms with Crippen LogP contribution in [-0.2, 0) is 6.42 Å². The SMILES string of the molecule is CCCOc1ccccc1C(=O)Nc1cccc(OCCc2ccccc2)c1. The van der Waals surface area contributed by atoms with Crippen LogP contribution in [0.5, 0.6) is 11.5 Å². The van der Waals surface area contributed by atoms with E-state index in [4.69, 9.17) is 9.47 Å². The van der Waals surface area contributed by atoms with Gasteiger partial charge in [0, 0.05) is 18.2 Å². The zero-order valence-corrected chi connectivity index (χ0v) is 16.1. The predicted molar refractivity (Wildman–Crippen MR) is 112 cm³/mol. The van der Waals surface area contributed by atoms with Gasteiger partial charge in [-0.2, -0.15) is 0 Å². The number of anilines is 1. The number of carbonyl (C=O) groups excluding carboxylic acids is 1. The number of benzene rings is 3. The highest BCUT2D eigenvalue weighted by Gasteiger charge is 2.12. The molecule has 0 aliphatic heterocycles. The van der Waals surface area contributed by atoms with Gasteiger partial charge in [-0.25, -0.2) is 0 Å². The average Bonchev–Trinajstić information content (AvgIpc) is 2.73. The lowest BCUT2D eigenvalue weighted by Crippen LogP contribution is -2.14. The van der Waals surface area contributed by atoms with Crippen molar-refractivity contribution in [1.82, 2.24) is 0 Å². The highest BCUT2D eigenvalue weighted by atomic mass is 16.5. The number of ether oxygens (including phenoxy) is 2. The minimum atomic E-state index is -0.201. The van der Waals surface area contributed by atoms with E-state index < -0.39 is 0 Å². The van der Waals surface area contributed by atoms with Crippen LogP contribution < -0.4 is 14.8 Å². The van der Waals surface area contributed by atoms with E-state index in [1.807, 2.05) is 67.6 Å². The molecule has 3 aromatic carbocycles. The number of hydrogen-bond donors (Lipinski definition) is 1. The van der Waals surface area contributed by atoms with Gasteiger partial charge in [0.15, 0.2) is 0 Å². The molecule has 4 nitrogen and oxygen atoms in total. The zero-order chi connectivity index (χ0) is 19.6. The molecule has 0 saturated heterocycles. The molecule has 3 rings (SSSR count). The fourth-order valence-electron chi connectivity index (χ4n) is 2.79. The summed E-state index contributed by atoms with van der Waals surface area (Å²) < 4.78 is 11.5. The predicted octanol–water partition coefficient (Wildman–Crippen LogP) is 5.35. The first-order chi connectivity index (χ1) is 13.8. The first-order valence-electron chi connectivity index (χ1n) is 9.56. The van der Waals surface area contributed by atoms with Crippen LogP contribution in [0.2, 0.25) is 0 Å². The van der Waals surface area contributed by atoms with E-state index in [9.17, 15) is 4.79 Å². The maximum atomic E-state index is 12.7. The maximum Gasteiger partial charge on any atom is 0.259 e. The Morgan fingerprint density at radius 3 is 2.46 bits per heavy atom. The van der Waals surface area contributed by atoms with Crippen LogP contribution in [0.15, 0.2) is 78.9 Å². The summed E-state index contributed by atoms with van der Waals surface area (Å²) in [5, 5.41) is 2.92. The van der Waals surface area contributed by atoms with E-state index in [1.54, 1.807) is 6.07 Å². The highest BCUT2D eigenvalue weighted by Crippen LogP contribution is 2.22. The van der Waals surface area contributed by atoms with E-state index in [-0.39, 0.29) is 5.91 Å². The number of nitrogens with one attached hydrogen (secondary N) is 1. The van der Waals surface area contributed by atoms with Crippen LogP contribution in [0.3, 0.4) is 0 Å². The molecule has 0 heterocycles. The van der Waals surface area contributed by atoms with E-state index in [1.165, 1.54) is 5.56 Å². The molecule has 3 aromatic rings. The van der Waals surface area contributed by atoms with Crippen LogP contribution in [0.25, 0.3) is 0 Å². The van der Waals surface area contributed by atoms with Crippen LogP contribution in [0, 0.1) is 0 Å². The van der Waals surface area contributed by atoms with Gasteiger partial charge < -0.3 is 14.8 Å². The fourth-order valence-corrected chi connectivity index (χ4v) is 2.79. The Balaban J connectivity index is 1.60. The second kappa shape index (κ2) is 10.2. The molecule has 0 saturated carbocycles. The Bertz CT molecular complexity index is 893. The normalized spacial score (nSPS) is 10.3. The topological polar surface area (TPSA) is 47.6 Å². The fraction of sp³-hybridized carbons (Fsp3) is 0.208. The number of para-hydroxylation sites is 1. The third kappa shape index (κ3) is 5.61. The van der Waals surface area contributed by atoms with E-state index in [0.29, 0.717) is 30.2 Å². The van der Waals surface area contributed by atoms with Gasteiger partial charge in [-0.3, -0.25) is 4.79 Å². The van der Waals surface area contributed by atoms with Crippen molar-refractivity contribution in [1.29, 1.82) is 0 Å². The van der Waals surface area contributed by atoms with Crippen LogP contribution in [0.4, 0.5) is 5.69 Å². The van der Waals surface area contributed by atoms with Crippen LogP contribution >= 0.6 is 0 Å². The first-order valence-corrected chi connectivity index (χ1v) is 9.56. The molecule has 0 radical (unpaired) electrons. The van der Waals surface area contributed by atoms with Crippen LogP contribution in [-0.4, -0.2) is 19.1 Å². The van der Waals surface area contributed by atoms with Gasteiger partial charge in [-0.15, -0.1) is 0 Å². The molecule has 0 bridgehead atoms. The summed E-state index contributed by atoms with van der Waals surface area (Å²) in [6.07, 6.45) is 1.72. The Morgan fingerprint density at radius 2 is 1.64 bits per heavy atom. The van der Waals surface area contributed by atoms with Gasteiger partial charge in [-0.1, -0.05) is 55.5 Å². The van der Waals surface area contributed by atoms with Gasteiger partial charge >= 0.3 is 0 Å². The third-order valence-corrected chi connectivity index (χ3v) is 4.19. The Morgan fingerprint density at radius 1 is 0.857 bits per heavy atom. The smallest absolute Gasteiger partial charge is 0.259 e. The highest BCUT2D eigenvalue weighted by molar-refractivity contribution is 6.06. The minimum Gasteiger partial charge on any atom is -0.493 e. The molecular formula is C24H25NO3. The second-order valence-corrected chi connectivity index (χ2v) is 6.41. The summed E-state index contributed by atoms with van der Waals surface area (Å²) in [6, 6.07) is 24.9. The van der Waals surface area contributed by atoms with E-state index >= 15 is 0 Å². The summed E-state index contributed by atoms with van der Waals surface area (Å²) in [5.74, 6) is 1.12. The summed E-state index contributed by atoms with van der Waals surface area (Å²) in [7, 11) is 0. The van der Waals surface area contributed by atoms with Crippen molar-refractivity contribution in [2.75, 3.05) is 18.5 Å². The number of hydrogen-bond acceptors (Lipinski definition) is 3. The molecule has 28 heavy (non-hydrogen) atoms.